The van der Waals surface area contributed by atoms with Crippen LogP contribution < -0.4 is 16.4 Å². The van der Waals surface area contributed by atoms with Gasteiger partial charge in [-0.2, -0.15) is 0 Å². The molecule has 4 rings (SSSR count). The Balaban J connectivity index is 0.00000193. The Hall–Kier alpha value is -3.42. The van der Waals surface area contributed by atoms with Crippen LogP contribution in [0.15, 0.2) is 30.5 Å². The van der Waals surface area contributed by atoms with Crippen LogP contribution in [-0.2, 0) is 16.0 Å². The highest BCUT2D eigenvalue weighted by molar-refractivity contribution is 6.39. The topological polar surface area (TPSA) is 117 Å². The first-order chi connectivity index (χ1) is 14.8. The second kappa shape index (κ2) is 8.37. The molecule has 1 fully saturated rings. The van der Waals surface area contributed by atoms with Gasteiger partial charge in [0.15, 0.2) is 0 Å². The van der Waals surface area contributed by atoms with Gasteiger partial charge in [0.05, 0.1) is 17.9 Å². The molecule has 1 saturated heterocycles. The molecule has 2 aromatic rings. The average molecular weight is 426 g/mol. The molecule has 0 unspecified atom stereocenters. The number of pyridine rings is 1. The lowest BCUT2D eigenvalue weighted by Gasteiger charge is -2.39. The van der Waals surface area contributed by atoms with Crippen LogP contribution in [0.1, 0.15) is 55.7 Å². The third-order valence-electron chi connectivity index (χ3n) is 6.09. The van der Waals surface area contributed by atoms with E-state index in [0.29, 0.717) is 36.1 Å². The lowest BCUT2D eigenvalue weighted by molar-refractivity contribution is -0.146. The largest absolute Gasteiger partial charge is 0.383 e. The number of rotatable bonds is 2. The summed E-state index contributed by atoms with van der Waals surface area (Å²) in [5.41, 5.74) is 9.53. The summed E-state index contributed by atoms with van der Waals surface area (Å²) in [4.78, 5) is 43.6. The number of anilines is 2. The molecule has 2 aliphatic rings. The van der Waals surface area contributed by atoms with E-state index in [-0.39, 0.29) is 14.8 Å². The van der Waals surface area contributed by atoms with E-state index in [4.69, 9.17) is 5.73 Å². The number of carbonyl (C=O) groups is 3. The molecule has 31 heavy (non-hydrogen) atoms. The summed E-state index contributed by atoms with van der Waals surface area (Å²) in [5, 5.41) is 5.49. The number of nitrogens with zero attached hydrogens (tertiary/aromatic N) is 2. The van der Waals surface area contributed by atoms with E-state index in [1.165, 1.54) is 6.20 Å². The summed E-state index contributed by atoms with van der Waals surface area (Å²) in [5.74, 6) is -0.638. The first-order valence-corrected chi connectivity index (χ1v) is 10.6. The molecular weight excluding hydrogens is 394 g/mol. The first kappa shape index (κ1) is 20.8. The number of hydrogen-bond acceptors (Lipinski definition) is 5. The van der Waals surface area contributed by atoms with Gasteiger partial charge in [-0.3, -0.25) is 14.4 Å². The third kappa shape index (κ3) is 4.23. The van der Waals surface area contributed by atoms with E-state index >= 15 is 0 Å². The van der Waals surface area contributed by atoms with Crippen LogP contribution in [0.3, 0.4) is 0 Å². The monoisotopic (exact) mass is 425 g/mol. The van der Waals surface area contributed by atoms with E-state index < -0.39 is 11.8 Å². The van der Waals surface area contributed by atoms with Crippen LogP contribution in [0.4, 0.5) is 11.5 Å². The minimum Gasteiger partial charge on any atom is -0.383 e. The van der Waals surface area contributed by atoms with Crippen LogP contribution in [0.5, 0.6) is 0 Å². The number of aromatic nitrogens is 1. The van der Waals surface area contributed by atoms with Gasteiger partial charge in [-0.25, -0.2) is 4.98 Å². The maximum atomic E-state index is 13.1. The van der Waals surface area contributed by atoms with E-state index in [0.717, 1.165) is 36.0 Å². The first-order valence-electron chi connectivity index (χ1n) is 10.6. The molecule has 8 heteroatoms. The van der Waals surface area contributed by atoms with Gasteiger partial charge >= 0.3 is 11.8 Å². The molecule has 2 aliphatic heterocycles. The van der Waals surface area contributed by atoms with E-state index in [9.17, 15) is 14.4 Å². The highest BCUT2D eigenvalue weighted by Crippen LogP contribution is 2.34. The summed E-state index contributed by atoms with van der Waals surface area (Å²) >= 11 is 0. The van der Waals surface area contributed by atoms with Crippen LogP contribution in [0.2, 0.25) is 0 Å². The molecule has 0 aliphatic carbocycles. The Bertz CT molecular complexity index is 1060. The molecule has 0 saturated carbocycles. The molecule has 3 heterocycles. The number of aryl methyl sites for hydroxylation is 1. The van der Waals surface area contributed by atoms with Gasteiger partial charge in [0.2, 0.25) is 0 Å². The zero-order valence-electron chi connectivity index (χ0n) is 17.8. The van der Waals surface area contributed by atoms with Crippen molar-refractivity contribution in [2.24, 2.45) is 5.92 Å². The number of hydrogen-bond donors (Lipinski definition) is 3. The normalized spacial score (nSPS) is 20.6. The van der Waals surface area contributed by atoms with Gasteiger partial charge in [0.25, 0.3) is 5.91 Å². The van der Waals surface area contributed by atoms with Crippen molar-refractivity contribution in [1.82, 2.24) is 15.2 Å². The van der Waals surface area contributed by atoms with Gasteiger partial charge < -0.3 is 21.3 Å². The van der Waals surface area contributed by atoms with Crippen molar-refractivity contribution in [2.45, 2.75) is 39.2 Å². The molecule has 2 atom stereocenters. The van der Waals surface area contributed by atoms with E-state index in [1.807, 2.05) is 18.2 Å². The number of nitrogen functional groups attached to an aromatic ring is 1. The highest BCUT2D eigenvalue weighted by atomic mass is 16.2. The van der Waals surface area contributed by atoms with Crippen molar-refractivity contribution < 1.29 is 17.2 Å². The Labute approximate surface area is 184 Å². The lowest BCUT2D eigenvalue weighted by Crippen LogP contribution is -2.46. The molecule has 1 aromatic carbocycles. The van der Waals surface area contributed by atoms with Crippen molar-refractivity contribution in [2.75, 3.05) is 24.1 Å². The fourth-order valence-corrected chi connectivity index (χ4v) is 4.35. The predicted octanol–water partition coefficient (Wildman–Crippen LogP) is 2.69. The van der Waals surface area contributed by atoms with Crippen molar-refractivity contribution in [1.29, 1.82) is 0 Å². The molecule has 0 radical (unpaired) electrons. The Morgan fingerprint density at radius 3 is 2.87 bits per heavy atom. The van der Waals surface area contributed by atoms with Gasteiger partial charge in [0.1, 0.15) is 5.82 Å². The molecular formula is C23H31N5O3. The Morgan fingerprint density at radius 1 is 1.29 bits per heavy atom. The van der Waals surface area contributed by atoms with Gasteiger partial charge in [0, 0.05) is 21.5 Å². The zero-order valence-corrected chi connectivity index (χ0v) is 17.8. The minimum atomic E-state index is -0.692. The zero-order chi connectivity index (χ0) is 22.1. The van der Waals surface area contributed by atoms with Crippen molar-refractivity contribution >= 4 is 29.2 Å². The second-order valence-corrected chi connectivity index (χ2v) is 8.46. The van der Waals surface area contributed by atoms with Crippen LogP contribution in [0, 0.1) is 12.8 Å². The van der Waals surface area contributed by atoms with E-state index in [2.05, 4.69) is 22.5 Å². The minimum absolute atomic E-state index is 0. The summed E-state index contributed by atoms with van der Waals surface area (Å²) < 4.78 is 0. The maximum absolute atomic E-state index is 13.1. The molecule has 0 bridgehead atoms. The maximum Gasteiger partial charge on any atom is 0.313 e. The van der Waals surface area contributed by atoms with Crippen molar-refractivity contribution in [3.63, 3.8) is 0 Å². The fraction of sp³-hybridized carbons (Fsp3) is 0.391. The number of nitrogens with two attached hydrogens (primary N) is 1. The number of carbonyl (C=O) groups excluding carboxylic acids is 3. The number of amides is 3. The molecule has 3 amide bonds. The summed E-state index contributed by atoms with van der Waals surface area (Å²) in [7, 11) is 0. The summed E-state index contributed by atoms with van der Waals surface area (Å²) in [6, 6.07) is 7.23. The summed E-state index contributed by atoms with van der Waals surface area (Å²) in [6.45, 7) is 4.99. The number of piperidine rings is 1. The Kier molecular flexibility index (Phi) is 5.63. The standard InChI is InChI=1S/C23H27N5O3.2H2/c1-13-3-6-19(16-4-5-18-15(10-16)7-8-25-21(18)29)28(12-13)23(31)22(30)27-17-9-14(2)20(24)26-11-17;;/h4-5,9-11,13,19H,3,6-8,12H2,1-2H3,(H2,24,26)(H,25,29)(H,27,30);2*1H/t13-,19+;;/m0../s1. The van der Waals surface area contributed by atoms with E-state index in [1.54, 1.807) is 17.9 Å². The average Bonchev–Trinajstić information content (AvgIpc) is 2.75. The van der Waals surface area contributed by atoms with Gasteiger partial charge in [-0.15, -0.1) is 0 Å². The van der Waals surface area contributed by atoms with Gasteiger partial charge in [-0.1, -0.05) is 19.1 Å². The third-order valence-corrected chi connectivity index (χ3v) is 6.09. The van der Waals surface area contributed by atoms with Crippen molar-refractivity contribution in [3.05, 3.63) is 52.7 Å². The molecule has 166 valence electrons. The SMILES string of the molecule is Cc1cc(NC(=O)C(=O)N2C[C@@H](C)CC[C@@H]2c2ccc3c(c2)CCNC3=O)cnc1N.[HH].[HH]. The summed E-state index contributed by atoms with van der Waals surface area (Å²) in [6.07, 6.45) is 3.94. The highest BCUT2D eigenvalue weighted by Gasteiger charge is 2.35. The fourth-order valence-electron chi connectivity index (χ4n) is 4.35. The molecule has 8 nitrogen and oxygen atoms in total. The number of benzene rings is 1. The van der Waals surface area contributed by atoms with Gasteiger partial charge in [-0.05, 0) is 60.9 Å². The van der Waals surface area contributed by atoms with Crippen LogP contribution in [-0.4, -0.2) is 40.7 Å². The van der Waals surface area contributed by atoms with Crippen LogP contribution >= 0.6 is 0 Å². The Morgan fingerprint density at radius 2 is 2.10 bits per heavy atom. The number of nitrogens with one attached hydrogen (secondary N) is 2. The lowest BCUT2D eigenvalue weighted by atomic mass is 9.87. The number of fused-ring (bicyclic) bond motifs is 1. The molecule has 0 spiro atoms. The quantitative estimate of drug-likeness (QED) is 0.640. The number of likely N-dealkylation sites (tertiary alicyclic amines) is 1. The predicted molar refractivity (Wildman–Crippen MR) is 122 cm³/mol. The van der Waals surface area contributed by atoms with Crippen molar-refractivity contribution in [3.8, 4) is 0 Å². The van der Waals surface area contributed by atoms with Crippen LogP contribution in [0.25, 0.3) is 0 Å². The molecule has 4 N–H and O–H groups in total. The molecule has 1 aromatic heterocycles. The second-order valence-electron chi connectivity index (χ2n) is 8.46. The smallest absolute Gasteiger partial charge is 0.313 e.